The van der Waals surface area contributed by atoms with Gasteiger partial charge in [0.2, 0.25) is 0 Å². The highest BCUT2D eigenvalue weighted by Crippen LogP contribution is 2.24. The summed E-state index contributed by atoms with van der Waals surface area (Å²) < 4.78 is 33.9. The molecule has 0 saturated carbocycles. The molecule has 0 aliphatic heterocycles. The molecule has 4 heteroatoms. The third kappa shape index (κ3) is 2.16. The van der Waals surface area contributed by atoms with Crippen molar-refractivity contribution in [2.24, 2.45) is 5.92 Å². The Morgan fingerprint density at radius 3 is 1.88 bits per heavy atom. The second-order valence-corrected chi connectivity index (χ2v) is 1.63. The van der Waals surface area contributed by atoms with Gasteiger partial charge in [-0.3, -0.25) is 0 Å². The molecule has 0 aromatic carbocycles. The lowest BCUT2D eigenvalue weighted by Gasteiger charge is -2.10. The molecule has 0 aromatic heterocycles. The number of aliphatic hydroxyl groups is 1. The lowest BCUT2D eigenvalue weighted by Crippen LogP contribution is -2.22. The van der Waals surface area contributed by atoms with Gasteiger partial charge in [0.1, 0.15) is 0 Å². The molecule has 0 radical (unpaired) electrons. The van der Waals surface area contributed by atoms with Crippen molar-refractivity contribution in [2.45, 2.75) is 13.1 Å². The van der Waals surface area contributed by atoms with Gasteiger partial charge in [0.05, 0.1) is 12.5 Å². The van der Waals surface area contributed by atoms with Crippen LogP contribution in [-0.4, -0.2) is 17.9 Å². The zero-order valence-electron chi connectivity index (χ0n) is 4.37. The fraction of sp³-hybridized carbons (Fsp3) is 1.00. The molecule has 1 unspecified atom stereocenters. The summed E-state index contributed by atoms with van der Waals surface area (Å²) in [6.07, 6.45) is -4.24. The molecule has 50 valence electrons. The number of alkyl halides is 3. The van der Waals surface area contributed by atoms with Gasteiger partial charge < -0.3 is 5.11 Å². The van der Waals surface area contributed by atoms with Crippen molar-refractivity contribution in [1.82, 2.24) is 0 Å². The minimum absolute atomic E-state index is 0.830. The van der Waals surface area contributed by atoms with Gasteiger partial charge in [-0.05, 0) is 0 Å². The molecule has 0 aliphatic carbocycles. The maximum atomic E-state index is 11.3. The molecule has 0 spiro atoms. The Balaban J connectivity index is 3.62. The van der Waals surface area contributed by atoms with Crippen LogP contribution in [-0.2, 0) is 0 Å². The van der Waals surface area contributed by atoms with Crippen molar-refractivity contribution < 1.29 is 18.3 Å². The van der Waals surface area contributed by atoms with Gasteiger partial charge in [0.25, 0.3) is 0 Å². The zero-order chi connectivity index (χ0) is 6.78. The molecular weight excluding hydrogens is 121 g/mol. The van der Waals surface area contributed by atoms with Crippen molar-refractivity contribution in [3.05, 3.63) is 0 Å². The maximum Gasteiger partial charge on any atom is 0.393 e. The lowest BCUT2D eigenvalue weighted by atomic mass is 10.2. The van der Waals surface area contributed by atoms with E-state index in [-0.39, 0.29) is 0 Å². The lowest BCUT2D eigenvalue weighted by molar-refractivity contribution is -0.178. The Morgan fingerprint density at radius 2 is 1.88 bits per heavy atom. The van der Waals surface area contributed by atoms with Crippen molar-refractivity contribution >= 4 is 0 Å². The maximum absolute atomic E-state index is 11.3. The molecule has 0 saturated heterocycles. The van der Waals surface area contributed by atoms with Crippen LogP contribution in [0.15, 0.2) is 0 Å². The molecule has 0 rings (SSSR count). The Bertz CT molecular complexity index is 68.2. The van der Waals surface area contributed by atoms with Crippen LogP contribution in [0.25, 0.3) is 0 Å². The van der Waals surface area contributed by atoms with Crippen molar-refractivity contribution in [1.29, 1.82) is 0 Å². The number of rotatable bonds is 1. The second-order valence-electron chi connectivity index (χ2n) is 1.63. The fourth-order valence-electron chi connectivity index (χ4n) is 0.104. The average Bonchev–Trinajstić information content (AvgIpc) is 1.62. The minimum atomic E-state index is -4.24. The molecule has 8 heavy (non-hydrogen) atoms. The van der Waals surface area contributed by atoms with E-state index in [4.69, 9.17) is 5.11 Å². The third-order valence-electron chi connectivity index (χ3n) is 0.833. The molecule has 0 aliphatic rings. The van der Waals surface area contributed by atoms with Crippen LogP contribution >= 0.6 is 0 Å². The van der Waals surface area contributed by atoms with Crippen LogP contribution in [0.4, 0.5) is 13.2 Å². The molecule has 1 nitrogen and oxygen atoms in total. The monoisotopic (exact) mass is 128 g/mol. The largest absolute Gasteiger partial charge is 0.396 e. The predicted octanol–water partition coefficient (Wildman–Crippen LogP) is 1.18. The van der Waals surface area contributed by atoms with Crippen LogP contribution < -0.4 is 0 Å². The van der Waals surface area contributed by atoms with Crippen molar-refractivity contribution in [3.63, 3.8) is 0 Å². The predicted molar refractivity (Wildman–Crippen MR) is 22.3 cm³/mol. The molecule has 0 bridgehead atoms. The van der Waals surface area contributed by atoms with Crippen molar-refractivity contribution in [3.8, 4) is 0 Å². The number of aliphatic hydroxyl groups excluding tert-OH is 1. The SMILES string of the molecule is CC(CO)C(F)(F)F. The van der Waals surface area contributed by atoms with Gasteiger partial charge in [0, 0.05) is 0 Å². The van der Waals surface area contributed by atoms with Crippen LogP contribution in [0.3, 0.4) is 0 Å². The van der Waals surface area contributed by atoms with E-state index >= 15 is 0 Å². The normalized spacial score (nSPS) is 16.1. The van der Waals surface area contributed by atoms with Gasteiger partial charge in [-0.1, -0.05) is 6.92 Å². The highest BCUT2D eigenvalue weighted by atomic mass is 19.4. The third-order valence-corrected chi connectivity index (χ3v) is 0.833. The number of hydrogen-bond acceptors (Lipinski definition) is 1. The van der Waals surface area contributed by atoms with Gasteiger partial charge >= 0.3 is 6.18 Å². The average molecular weight is 128 g/mol. The van der Waals surface area contributed by atoms with Gasteiger partial charge in [-0.2, -0.15) is 13.2 Å². The van der Waals surface area contributed by atoms with Crippen LogP contribution in [0.1, 0.15) is 6.92 Å². The van der Waals surface area contributed by atoms with E-state index in [1.54, 1.807) is 0 Å². The number of halogens is 3. The topological polar surface area (TPSA) is 20.2 Å². The van der Waals surface area contributed by atoms with Gasteiger partial charge in [0.15, 0.2) is 0 Å². The Labute approximate surface area is 45.1 Å². The van der Waals surface area contributed by atoms with E-state index in [1.165, 1.54) is 0 Å². The molecule has 0 amide bonds. The standard InChI is InChI=1S/C4H7F3O/c1-3(2-8)4(5,6)7/h3,8H,2H2,1H3. The van der Waals surface area contributed by atoms with E-state index in [9.17, 15) is 13.2 Å². The van der Waals surface area contributed by atoms with Crippen LogP contribution in [0.5, 0.6) is 0 Å². The molecule has 0 aromatic rings. The summed E-state index contributed by atoms with van der Waals surface area (Å²) in [5, 5.41) is 7.95. The Morgan fingerprint density at radius 1 is 1.50 bits per heavy atom. The fourth-order valence-corrected chi connectivity index (χ4v) is 0.104. The highest BCUT2D eigenvalue weighted by Gasteiger charge is 2.34. The summed E-state index contributed by atoms with van der Waals surface area (Å²) in [5.74, 6) is -1.59. The smallest absolute Gasteiger partial charge is 0.393 e. The number of hydrogen-bond donors (Lipinski definition) is 1. The Kier molecular flexibility index (Phi) is 2.27. The van der Waals surface area contributed by atoms with E-state index in [2.05, 4.69) is 0 Å². The summed E-state index contributed by atoms with van der Waals surface area (Å²) in [5.41, 5.74) is 0. The first-order valence-electron chi connectivity index (χ1n) is 2.16. The quantitative estimate of drug-likeness (QED) is 0.562. The van der Waals surface area contributed by atoms with E-state index < -0.39 is 18.7 Å². The van der Waals surface area contributed by atoms with E-state index in [0.717, 1.165) is 6.92 Å². The molecular formula is C4H7F3O. The minimum Gasteiger partial charge on any atom is -0.396 e. The highest BCUT2D eigenvalue weighted by molar-refractivity contribution is 4.58. The second kappa shape index (κ2) is 2.35. The van der Waals surface area contributed by atoms with Gasteiger partial charge in [-0.25, -0.2) is 0 Å². The van der Waals surface area contributed by atoms with E-state index in [1.807, 2.05) is 0 Å². The molecule has 0 fully saturated rings. The zero-order valence-corrected chi connectivity index (χ0v) is 4.37. The van der Waals surface area contributed by atoms with E-state index in [0.29, 0.717) is 0 Å². The summed E-state index contributed by atoms with van der Waals surface area (Å²) in [4.78, 5) is 0. The molecule has 1 N–H and O–H groups in total. The molecule has 1 atom stereocenters. The van der Waals surface area contributed by atoms with Crippen LogP contribution in [0.2, 0.25) is 0 Å². The van der Waals surface area contributed by atoms with Gasteiger partial charge in [-0.15, -0.1) is 0 Å². The summed E-state index contributed by atoms with van der Waals surface area (Å²) >= 11 is 0. The first-order valence-corrected chi connectivity index (χ1v) is 2.16. The summed E-state index contributed by atoms with van der Waals surface area (Å²) in [6, 6.07) is 0. The first kappa shape index (κ1) is 7.75. The van der Waals surface area contributed by atoms with Crippen molar-refractivity contribution in [2.75, 3.05) is 6.61 Å². The Hall–Kier alpha value is -0.250. The van der Waals surface area contributed by atoms with Crippen LogP contribution in [0, 0.1) is 5.92 Å². The summed E-state index contributed by atoms with van der Waals surface area (Å²) in [6.45, 7) is 0.101. The first-order chi connectivity index (χ1) is 3.48. The summed E-state index contributed by atoms with van der Waals surface area (Å²) in [7, 11) is 0. The molecule has 0 heterocycles.